The predicted octanol–water partition coefficient (Wildman–Crippen LogP) is 4.97. The van der Waals surface area contributed by atoms with Crippen LogP contribution in [-0.2, 0) is 11.3 Å². The van der Waals surface area contributed by atoms with Gasteiger partial charge in [0.15, 0.2) is 5.58 Å². The Morgan fingerprint density at radius 1 is 1.12 bits per heavy atom. The first-order valence-electron chi connectivity index (χ1n) is 11.6. The lowest BCUT2D eigenvalue weighted by Gasteiger charge is -2.45. The summed E-state index contributed by atoms with van der Waals surface area (Å²) >= 11 is 0. The van der Waals surface area contributed by atoms with Crippen LogP contribution in [0.3, 0.4) is 0 Å². The van der Waals surface area contributed by atoms with Crippen molar-refractivity contribution >= 4 is 28.6 Å². The van der Waals surface area contributed by atoms with E-state index < -0.39 is 5.54 Å². The maximum atomic E-state index is 13.9. The molecular formula is C26H31N3O3. The lowest BCUT2D eigenvalue weighted by molar-refractivity contribution is -0.127. The summed E-state index contributed by atoms with van der Waals surface area (Å²) in [5, 5.41) is 3.32. The average Bonchev–Trinajstić information content (AvgIpc) is 3.31. The van der Waals surface area contributed by atoms with Crippen LogP contribution >= 0.6 is 0 Å². The van der Waals surface area contributed by atoms with Crippen molar-refractivity contribution in [1.29, 1.82) is 0 Å². The van der Waals surface area contributed by atoms with Crippen LogP contribution in [0.5, 0.6) is 0 Å². The predicted molar refractivity (Wildman–Crippen MR) is 125 cm³/mol. The van der Waals surface area contributed by atoms with Gasteiger partial charge < -0.3 is 14.3 Å². The molecule has 1 fully saturated rings. The van der Waals surface area contributed by atoms with Crippen molar-refractivity contribution in [3.8, 4) is 0 Å². The number of hydrogen-bond donors (Lipinski definition) is 1. The van der Waals surface area contributed by atoms with E-state index in [0.717, 1.165) is 41.6 Å². The van der Waals surface area contributed by atoms with Crippen LogP contribution in [0.15, 0.2) is 41.0 Å². The van der Waals surface area contributed by atoms with E-state index in [1.165, 1.54) is 6.42 Å². The average molecular weight is 434 g/mol. The van der Waals surface area contributed by atoms with Gasteiger partial charge >= 0.3 is 0 Å². The molecule has 0 spiro atoms. The lowest BCUT2D eigenvalue weighted by Crippen LogP contribution is -2.65. The van der Waals surface area contributed by atoms with E-state index >= 15 is 0 Å². The summed E-state index contributed by atoms with van der Waals surface area (Å²) in [5.74, 6) is 0.162. The zero-order valence-electron chi connectivity index (χ0n) is 19.3. The Morgan fingerprint density at radius 2 is 1.84 bits per heavy atom. The number of aryl methyl sites for hydroxylation is 2. The molecule has 3 aromatic rings. The van der Waals surface area contributed by atoms with Crippen LogP contribution in [0.4, 0.5) is 5.69 Å². The monoisotopic (exact) mass is 433 g/mol. The van der Waals surface area contributed by atoms with E-state index in [1.807, 2.05) is 43.5 Å². The smallest absolute Gasteiger partial charge is 0.276 e. The Hall–Kier alpha value is -3.02. The van der Waals surface area contributed by atoms with Crippen LogP contribution in [-0.4, -0.2) is 28.0 Å². The topological polar surface area (TPSA) is 67.5 Å². The molecule has 1 saturated carbocycles. The van der Waals surface area contributed by atoms with E-state index in [-0.39, 0.29) is 17.9 Å². The molecule has 0 unspecified atom stereocenters. The van der Waals surface area contributed by atoms with Crippen molar-refractivity contribution in [2.75, 3.05) is 4.90 Å². The molecule has 3 heterocycles. The molecule has 6 nitrogen and oxygen atoms in total. The molecule has 0 saturated heterocycles. The molecule has 1 aliphatic carbocycles. The summed E-state index contributed by atoms with van der Waals surface area (Å²) in [6.07, 6.45) is 6.08. The highest BCUT2D eigenvalue weighted by atomic mass is 16.3. The van der Waals surface area contributed by atoms with Gasteiger partial charge in [-0.2, -0.15) is 0 Å². The molecule has 2 aliphatic rings. The van der Waals surface area contributed by atoms with Gasteiger partial charge in [0, 0.05) is 23.9 Å². The Kier molecular flexibility index (Phi) is 4.91. The van der Waals surface area contributed by atoms with Gasteiger partial charge in [-0.25, -0.2) is 0 Å². The largest absolute Gasteiger partial charge is 0.463 e. The molecule has 1 aliphatic heterocycles. The maximum absolute atomic E-state index is 13.9. The van der Waals surface area contributed by atoms with E-state index in [4.69, 9.17) is 4.42 Å². The first-order valence-corrected chi connectivity index (χ1v) is 11.6. The Balaban J connectivity index is 1.61. The highest BCUT2D eigenvalue weighted by Crippen LogP contribution is 2.37. The third-order valence-corrected chi connectivity index (χ3v) is 7.29. The second kappa shape index (κ2) is 7.54. The fourth-order valence-electron chi connectivity index (χ4n) is 5.55. The number of aromatic nitrogens is 1. The first kappa shape index (κ1) is 20.9. The number of fused-ring (bicyclic) bond motifs is 3. The van der Waals surface area contributed by atoms with Crippen molar-refractivity contribution in [1.82, 2.24) is 9.88 Å². The molecule has 2 amide bonds. The summed E-state index contributed by atoms with van der Waals surface area (Å²) in [7, 11) is 0. The third kappa shape index (κ3) is 3.24. The molecular weight excluding hydrogens is 402 g/mol. The van der Waals surface area contributed by atoms with E-state index in [2.05, 4.69) is 18.3 Å². The number of rotatable bonds is 3. The van der Waals surface area contributed by atoms with Gasteiger partial charge in [0.1, 0.15) is 11.2 Å². The zero-order chi connectivity index (χ0) is 22.6. The number of carbonyl (C=O) groups is 2. The normalized spacial score (nSPS) is 25.8. The Labute approximate surface area is 188 Å². The minimum Gasteiger partial charge on any atom is -0.463 e. The fraction of sp³-hybridized carbons (Fsp3) is 0.462. The lowest BCUT2D eigenvalue weighted by atomic mass is 9.84. The van der Waals surface area contributed by atoms with Crippen molar-refractivity contribution < 1.29 is 14.0 Å². The van der Waals surface area contributed by atoms with Crippen LogP contribution < -0.4 is 10.2 Å². The number of amides is 2. The standard InChI is InChI=1S/C26H31N3O3/c1-16-11-17(2)13-19(12-16)29-24(30)22-14-23-21(9-10-32-23)28(22)15-26(29,4)25(31)27-20-8-6-5-7-18(20)3/h9-14,18,20H,5-8,15H2,1-4H3,(H,27,31)/t18-,20+,26+/m0/s1. The van der Waals surface area contributed by atoms with Gasteiger partial charge in [0.25, 0.3) is 5.91 Å². The number of anilines is 1. The second-order valence-electron chi connectivity index (χ2n) is 9.89. The van der Waals surface area contributed by atoms with E-state index in [9.17, 15) is 9.59 Å². The molecule has 168 valence electrons. The third-order valence-electron chi connectivity index (χ3n) is 7.29. The minimum absolute atomic E-state index is 0.0974. The second-order valence-corrected chi connectivity index (χ2v) is 9.89. The van der Waals surface area contributed by atoms with Crippen molar-refractivity contribution in [3.63, 3.8) is 0 Å². The van der Waals surface area contributed by atoms with Crippen molar-refractivity contribution in [3.05, 3.63) is 53.4 Å². The highest BCUT2D eigenvalue weighted by Gasteiger charge is 2.49. The highest BCUT2D eigenvalue weighted by molar-refractivity contribution is 6.13. The zero-order valence-corrected chi connectivity index (χ0v) is 19.3. The summed E-state index contributed by atoms with van der Waals surface area (Å²) in [6.45, 7) is 8.50. The van der Waals surface area contributed by atoms with E-state index in [0.29, 0.717) is 23.7 Å². The quantitative estimate of drug-likeness (QED) is 0.634. The molecule has 3 atom stereocenters. The molecule has 0 radical (unpaired) electrons. The number of benzene rings is 1. The van der Waals surface area contributed by atoms with Crippen molar-refractivity contribution in [2.45, 2.75) is 71.5 Å². The molecule has 6 heteroatoms. The van der Waals surface area contributed by atoms with Gasteiger partial charge in [-0.05, 0) is 62.8 Å². The molecule has 1 aromatic carbocycles. The van der Waals surface area contributed by atoms with Crippen LogP contribution in [0.2, 0.25) is 0 Å². The molecule has 32 heavy (non-hydrogen) atoms. The Bertz CT molecular complexity index is 1190. The van der Waals surface area contributed by atoms with Crippen molar-refractivity contribution in [2.24, 2.45) is 5.92 Å². The fourth-order valence-corrected chi connectivity index (χ4v) is 5.55. The molecule has 1 N–H and O–H groups in total. The summed E-state index contributed by atoms with van der Waals surface area (Å²) in [6, 6.07) is 9.84. The van der Waals surface area contributed by atoms with Gasteiger partial charge in [0.2, 0.25) is 5.91 Å². The van der Waals surface area contributed by atoms with Gasteiger partial charge in [-0.15, -0.1) is 0 Å². The minimum atomic E-state index is -1.06. The number of furan rings is 1. The molecule has 5 rings (SSSR count). The number of nitrogens with one attached hydrogen (secondary N) is 1. The summed E-state index contributed by atoms with van der Waals surface area (Å²) in [4.78, 5) is 29.5. The van der Waals surface area contributed by atoms with Gasteiger partial charge in [0.05, 0.1) is 18.3 Å². The summed E-state index contributed by atoms with van der Waals surface area (Å²) < 4.78 is 7.50. The molecule has 2 aromatic heterocycles. The number of carbonyl (C=O) groups excluding carboxylic acids is 2. The number of nitrogens with zero attached hydrogens (tertiary/aromatic N) is 2. The molecule has 0 bridgehead atoms. The number of hydrogen-bond acceptors (Lipinski definition) is 3. The first-order chi connectivity index (χ1) is 15.3. The van der Waals surface area contributed by atoms with Crippen LogP contribution in [0.1, 0.15) is 61.1 Å². The van der Waals surface area contributed by atoms with Gasteiger partial charge in [-0.1, -0.05) is 25.8 Å². The summed E-state index contributed by atoms with van der Waals surface area (Å²) in [5.41, 5.74) is 3.88. The van der Waals surface area contributed by atoms with Gasteiger partial charge in [-0.3, -0.25) is 14.5 Å². The van der Waals surface area contributed by atoms with Crippen LogP contribution in [0.25, 0.3) is 11.1 Å². The van der Waals surface area contributed by atoms with Crippen LogP contribution in [0, 0.1) is 19.8 Å². The SMILES string of the molecule is Cc1cc(C)cc(N2C(=O)c3cc4occc4n3C[C@]2(C)C(=O)N[C@@H]2CCCC[C@@H]2C)c1. The Morgan fingerprint density at radius 3 is 2.56 bits per heavy atom. The van der Waals surface area contributed by atoms with E-state index in [1.54, 1.807) is 17.2 Å². The maximum Gasteiger partial charge on any atom is 0.276 e.